The third kappa shape index (κ3) is 5.10. The Labute approximate surface area is 199 Å². The molecule has 4 heterocycles. The molecule has 0 unspecified atom stereocenters. The Morgan fingerprint density at radius 3 is 2.15 bits per heavy atom. The topological polar surface area (TPSA) is 101 Å². The summed E-state index contributed by atoms with van der Waals surface area (Å²) in [6.45, 7) is 8.54. The predicted molar refractivity (Wildman–Crippen MR) is 124 cm³/mol. The second-order valence-electron chi connectivity index (χ2n) is 9.87. The first kappa shape index (κ1) is 23.8. The van der Waals surface area contributed by atoms with Crippen LogP contribution in [0.2, 0.25) is 0 Å². The van der Waals surface area contributed by atoms with Crippen molar-refractivity contribution < 1.29 is 23.5 Å². The number of hydrogen-bond donors (Lipinski definition) is 0. The number of aromatic nitrogens is 2. The van der Waals surface area contributed by atoms with Crippen LogP contribution in [0.4, 0.5) is 4.79 Å². The summed E-state index contributed by atoms with van der Waals surface area (Å²) in [6, 6.07) is 3.34. The lowest BCUT2D eigenvalue weighted by Crippen LogP contribution is -2.50. The molecule has 0 aromatic carbocycles. The summed E-state index contributed by atoms with van der Waals surface area (Å²) >= 11 is 0. The van der Waals surface area contributed by atoms with Crippen LogP contribution in [0.1, 0.15) is 66.1 Å². The number of amides is 3. The van der Waals surface area contributed by atoms with E-state index >= 15 is 0 Å². The van der Waals surface area contributed by atoms with Gasteiger partial charge in [-0.25, -0.2) is 4.79 Å². The van der Waals surface area contributed by atoms with Crippen molar-refractivity contribution in [3.8, 4) is 0 Å². The summed E-state index contributed by atoms with van der Waals surface area (Å²) < 4.78 is 12.5. The number of aryl methyl sites for hydroxylation is 1. The fourth-order valence-electron chi connectivity index (χ4n) is 4.60. The van der Waals surface area contributed by atoms with E-state index in [9.17, 15) is 14.4 Å². The highest BCUT2D eigenvalue weighted by molar-refractivity contribution is 5.96. The molecule has 3 amide bonds. The monoisotopic (exact) mass is 471 g/mol. The Morgan fingerprint density at radius 1 is 0.971 bits per heavy atom. The summed E-state index contributed by atoms with van der Waals surface area (Å²) in [5.41, 5.74) is 0.981. The first-order chi connectivity index (χ1) is 16.1. The number of rotatable bonds is 3. The number of furan rings is 1. The van der Waals surface area contributed by atoms with Gasteiger partial charge in [-0.1, -0.05) is 0 Å². The van der Waals surface area contributed by atoms with E-state index in [1.165, 1.54) is 6.26 Å². The maximum Gasteiger partial charge on any atom is 0.410 e. The van der Waals surface area contributed by atoms with Gasteiger partial charge >= 0.3 is 6.09 Å². The molecule has 0 saturated carbocycles. The Bertz CT molecular complexity index is 1020. The lowest BCUT2D eigenvalue weighted by atomic mass is 9.91. The third-order valence-corrected chi connectivity index (χ3v) is 6.33. The van der Waals surface area contributed by atoms with Crippen molar-refractivity contribution in [2.24, 2.45) is 7.05 Å². The first-order valence-corrected chi connectivity index (χ1v) is 11.8. The van der Waals surface area contributed by atoms with Crippen molar-refractivity contribution >= 4 is 17.9 Å². The highest BCUT2D eigenvalue weighted by atomic mass is 16.6. The smallest absolute Gasteiger partial charge is 0.410 e. The van der Waals surface area contributed by atoms with Gasteiger partial charge in [0, 0.05) is 52.2 Å². The van der Waals surface area contributed by atoms with E-state index < -0.39 is 5.60 Å². The van der Waals surface area contributed by atoms with Crippen LogP contribution in [0.3, 0.4) is 0 Å². The molecule has 0 N–H and O–H groups in total. The van der Waals surface area contributed by atoms with Gasteiger partial charge in [-0.05, 0) is 45.7 Å². The van der Waals surface area contributed by atoms with Crippen molar-refractivity contribution in [2.75, 3.05) is 39.3 Å². The Morgan fingerprint density at radius 2 is 1.59 bits per heavy atom. The zero-order valence-electron chi connectivity index (χ0n) is 20.3. The number of nitrogens with zero attached hydrogens (tertiary/aromatic N) is 5. The van der Waals surface area contributed by atoms with Gasteiger partial charge in [-0.3, -0.25) is 14.3 Å². The molecule has 0 spiro atoms. The Balaban J connectivity index is 1.37. The van der Waals surface area contributed by atoms with Crippen molar-refractivity contribution in [3.63, 3.8) is 0 Å². The molecule has 4 rings (SSSR count). The predicted octanol–water partition coefficient (Wildman–Crippen LogP) is 2.73. The van der Waals surface area contributed by atoms with Gasteiger partial charge in [0.05, 0.1) is 23.7 Å². The standard InChI is InChI=1S/C24H33N5O5/c1-24(2,3)34-23(32)29-9-7-17(8-10-29)20-18(16-25-26(20)4)21(30)27-11-13-28(14-12-27)22(31)19-6-5-15-33-19/h5-6,15-17H,7-14H2,1-4H3. The second kappa shape index (κ2) is 9.52. The van der Waals surface area contributed by atoms with E-state index in [2.05, 4.69) is 5.10 Å². The fourth-order valence-corrected chi connectivity index (χ4v) is 4.60. The number of hydrogen-bond acceptors (Lipinski definition) is 6. The molecule has 2 aromatic heterocycles. The minimum Gasteiger partial charge on any atom is -0.459 e. The van der Waals surface area contributed by atoms with E-state index in [0.717, 1.165) is 18.5 Å². The molecular formula is C24H33N5O5. The number of ether oxygens (including phenoxy) is 1. The lowest BCUT2D eigenvalue weighted by Gasteiger charge is -2.35. The SMILES string of the molecule is Cn1ncc(C(=O)N2CCN(C(=O)c3ccco3)CC2)c1C1CCN(C(=O)OC(C)(C)C)CC1. The van der Waals surface area contributed by atoms with Gasteiger partial charge in [0.2, 0.25) is 0 Å². The molecule has 184 valence electrons. The summed E-state index contributed by atoms with van der Waals surface area (Å²) in [5, 5.41) is 4.37. The summed E-state index contributed by atoms with van der Waals surface area (Å²) in [4.78, 5) is 43.5. The summed E-state index contributed by atoms with van der Waals surface area (Å²) in [5.74, 6) is 0.220. The van der Waals surface area contributed by atoms with Crippen molar-refractivity contribution in [1.29, 1.82) is 0 Å². The van der Waals surface area contributed by atoms with Crippen LogP contribution in [0.15, 0.2) is 29.0 Å². The molecule has 0 radical (unpaired) electrons. The minimum absolute atomic E-state index is 0.0669. The summed E-state index contributed by atoms with van der Waals surface area (Å²) in [6.07, 6.45) is 4.30. The highest BCUT2D eigenvalue weighted by Crippen LogP contribution is 2.31. The first-order valence-electron chi connectivity index (χ1n) is 11.8. The van der Waals surface area contributed by atoms with Crippen molar-refractivity contribution in [2.45, 2.75) is 45.1 Å². The van der Waals surface area contributed by atoms with Crippen LogP contribution in [0.25, 0.3) is 0 Å². The fraction of sp³-hybridized carbons (Fsp3) is 0.583. The molecule has 0 bridgehead atoms. The van der Waals surface area contributed by atoms with E-state index in [0.29, 0.717) is 50.6 Å². The van der Waals surface area contributed by atoms with E-state index in [-0.39, 0.29) is 23.8 Å². The maximum absolute atomic E-state index is 13.4. The molecule has 2 aliphatic heterocycles. The molecule has 10 heteroatoms. The molecule has 0 atom stereocenters. The second-order valence-corrected chi connectivity index (χ2v) is 9.87. The van der Waals surface area contributed by atoms with Gasteiger partial charge in [-0.2, -0.15) is 5.10 Å². The molecule has 34 heavy (non-hydrogen) atoms. The maximum atomic E-state index is 13.4. The summed E-state index contributed by atoms with van der Waals surface area (Å²) in [7, 11) is 1.85. The van der Waals surface area contributed by atoms with E-state index in [1.807, 2.05) is 27.8 Å². The lowest BCUT2D eigenvalue weighted by molar-refractivity contribution is 0.0202. The van der Waals surface area contributed by atoms with E-state index in [1.54, 1.807) is 37.7 Å². The van der Waals surface area contributed by atoms with Gasteiger partial charge in [0.1, 0.15) is 5.60 Å². The molecule has 2 aromatic rings. The third-order valence-electron chi connectivity index (χ3n) is 6.33. The van der Waals surface area contributed by atoms with Crippen LogP contribution in [0, 0.1) is 0 Å². The average molecular weight is 472 g/mol. The van der Waals surface area contributed by atoms with Crippen LogP contribution in [-0.4, -0.2) is 87.3 Å². The zero-order chi connectivity index (χ0) is 24.5. The van der Waals surface area contributed by atoms with Crippen molar-refractivity contribution in [1.82, 2.24) is 24.5 Å². The Hall–Kier alpha value is -3.30. The van der Waals surface area contributed by atoms with Gasteiger partial charge in [0.25, 0.3) is 11.8 Å². The molecule has 2 saturated heterocycles. The highest BCUT2D eigenvalue weighted by Gasteiger charge is 2.33. The molecule has 2 aliphatic rings. The molecule has 2 fully saturated rings. The largest absolute Gasteiger partial charge is 0.459 e. The van der Waals surface area contributed by atoms with E-state index in [4.69, 9.17) is 9.15 Å². The number of likely N-dealkylation sites (tertiary alicyclic amines) is 1. The number of piperazine rings is 1. The normalized spacial score (nSPS) is 17.7. The molecule has 10 nitrogen and oxygen atoms in total. The molecular weight excluding hydrogens is 438 g/mol. The quantitative estimate of drug-likeness (QED) is 0.682. The van der Waals surface area contributed by atoms with Crippen molar-refractivity contribution in [3.05, 3.63) is 41.6 Å². The Kier molecular flexibility index (Phi) is 6.67. The van der Waals surface area contributed by atoms with Gasteiger partial charge in [0.15, 0.2) is 5.76 Å². The van der Waals surface area contributed by atoms with Crippen LogP contribution >= 0.6 is 0 Å². The van der Waals surface area contributed by atoms with Crippen LogP contribution in [0.5, 0.6) is 0 Å². The van der Waals surface area contributed by atoms with Gasteiger partial charge < -0.3 is 23.9 Å². The number of carbonyl (C=O) groups is 3. The van der Waals surface area contributed by atoms with Crippen LogP contribution < -0.4 is 0 Å². The number of carbonyl (C=O) groups excluding carboxylic acids is 3. The molecule has 0 aliphatic carbocycles. The zero-order valence-corrected chi connectivity index (χ0v) is 20.3. The van der Waals surface area contributed by atoms with Gasteiger partial charge in [-0.15, -0.1) is 0 Å². The minimum atomic E-state index is -0.526. The number of piperidine rings is 1. The average Bonchev–Trinajstić information content (AvgIpc) is 3.47. The van der Waals surface area contributed by atoms with Crippen LogP contribution in [-0.2, 0) is 11.8 Å².